The summed E-state index contributed by atoms with van der Waals surface area (Å²) in [5, 5.41) is 4.90. The van der Waals surface area contributed by atoms with Gasteiger partial charge in [-0.3, -0.25) is 9.58 Å². The van der Waals surface area contributed by atoms with Crippen LogP contribution in [0, 0.1) is 0 Å². The molecule has 0 unspecified atom stereocenters. The van der Waals surface area contributed by atoms with Crippen LogP contribution in [0.25, 0.3) is 0 Å². The van der Waals surface area contributed by atoms with Crippen LogP contribution in [-0.2, 0) is 17.7 Å². The first-order valence-electron chi connectivity index (χ1n) is 8.38. The maximum absolute atomic E-state index is 5.95. The van der Waals surface area contributed by atoms with E-state index in [1.165, 1.54) is 5.56 Å². The van der Waals surface area contributed by atoms with Crippen molar-refractivity contribution in [1.82, 2.24) is 14.7 Å². The highest BCUT2D eigenvalue weighted by Crippen LogP contribution is 2.22. The van der Waals surface area contributed by atoms with Gasteiger partial charge in [0, 0.05) is 24.8 Å². The molecule has 0 bridgehead atoms. The second-order valence-corrected chi connectivity index (χ2v) is 6.50. The number of nitrogens with zero attached hydrogens (tertiary/aromatic N) is 3. The summed E-state index contributed by atoms with van der Waals surface area (Å²) in [6, 6.07) is 6.41. The lowest BCUT2D eigenvalue weighted by Gasteiger charge is -2.26. The van der Waals surface area contributed by atoms with Gasteiger partial charge in [-0.1, -0.05) is 23.7 Å². The number of aryl methyl sites for hydroxylation is 1. The molecule has 0 saturated carbocycles. The third kappa shape index (κ3) is 4.72. The standard InChI is InChI=1S/C18H24ClN3O2/c1-23-18-5-4-15(3-2-6-21-7-9-24-10-8-21)11-16(18)13-22-14-17(19)12-20-22/h4-5,11-12,14H,2-3,6-10,13H2,1H3. The van der Waals surface area contributed by atoms with E-state index in [4.69, 9.17) is 21.1 Å². The second-order valence-electron chi connectivity index (χ2n) is 6.06. The Labute approximate surface area is 148 Å². The van der Waals surface area contributed by atoms with Crippen LogP contribution in [0.15, 0.2) is 30.6 Å². The van der Waals surface area contributed by atoms with Gasteiger partial charge in [-0.2, -0.15) is 5.10 Å². The van der Waals surface area contributed by atoms with Crippen molar-refractivity contribution in [2.45, 2.75) is 19.4 Å². The molecule has 24 heavy (non-hydrogen) atoms. The highest BCUT2D eigenvalue weighted by molar-refractivity contribution is 6.30. The van der Waals surface area contributed by atoms with Crippen molar-refractivity contribution in [3.63, 3.8) is 0 Å². The predicted molar refractivity (Wildman–Crippen MR) is 94.9 cm³/mol. The Morgan fingerprint density at radius 3 is 2.83 bits per heavy atom. The summed E-state index contributed by atoms with van der Waals surface area (Å²) in [6.07, 6.45) is 5.69. The molecule has 0 N–H and O–H groups in total. The van der Waals surface area contributed by atoms with Gasteiger partial charge in [0.1, 0.15) is 5.75 Å². The fourth-order valence-corrected chi connectivity index (χ4v) is 3.20. The van der Waals surface area contributed by atoms with E-state index in [0.29, 0.717) is 11.6 Å². The van der Waals surface area contributed by atoms with E-state index in [2.05, 4.69) is 22.1 Å². The van der Waals surface area contributed by atoms with Crippen molar-refractivity contribution in [3.8, 4) is 5.75 Å². The molecule has 0 spiro atoms. The van der Waals surface area contributed by atoms with Gasteiger partial charge in [-0.15, -0.1) is 0 Å². The lowest BCUT2D eigenvalue weighted by molar-refractivity contribution is 0.0374. The number of benzene rings is 1. The topological polar surface area (TPSA) is 39.5 Å². The monoisotopic (exact) mass is 349 g/mol. The van der Waals surface area contributed by atoms with Gasteiger partial charge in [0.2, 0.25) is 0 Å². The van der Waals surface area contributed by atoms with Crippen LogP contribution in [0.2, 0.25) is 5.02 Å². The zero-order valence-electron chi connectivity index (χ0n) is 14.1. The Morgan fingerprint density at radius 1 is 1.29 bits per heavy atom. The highest BCUT2D eigenvalue weighted by atomic mass is 35.5. The molecular formula is C18H24ClN3O2. The summed E-state index contributed by atoms with van der Waals surface area (Å²) < 4.78 is 12.7. The lowest BCUT2D eigenvalue weighted by atomic mass is 10.0. The van der Waals surface area contributed by atoms with Crippen molar-refractivity contribution in [3.05, 3.63) is 46.7 Å². The molecule has 2 aromatic rings. The molecule has 1 aliphatic rings. The molecule has 0 atom stereocenters. The summed E-state index contributed by atoms with van der Waals surface area (Å²) in [5.41, 5.74) is 2.46. The third-order valence-electron chi connectivity index (χ3n) is 4.32. The minimum Gasteiger partial charge on any atom is -0.496 e. The molecule has 1 aromatic carbocycles. The fourth-order valence-electron chi connectivity index (χ4n) is 3.04. The average Bonchev–Trinajstić information content (AvgIpc) is 3.01. The zero-order chi connectivity index (χ0) is 16.8. The minimum absolute atomic E-state index is 0.649. The molecular weight excluding hydrogens is 326 g/mol. The number of hydrogen-bond donors (Lipinski definition) is 0. The summed E-state index contributed by atoms with van der Waals surface area (Å²) in [5.74, 6) is 0.888. The number of rotatable bonds is 7. The van der Waals surface area contributed by atoms with E-state index in [0.717, 1.165) is 57.0 Å². The molecule has 0 radical (unpaired) electrons. The van der Waals surface area contributed by atoms with Crippen molar-refractivity contribution >= 4 is 11.6 Å². The fraction of sp³-hybridized carbons (Fsp3) is 0.500. The van der Waals surface area contributed by atoms with Gasteiger partial charge >= 0.3 is 0 Å². The van der Waals surface area contributed by atoms with Crippen LogP contribution in [0.1, 0.15) is 17.5 Å². The molecule has 1 fully saturated rings. The molecule has 2 heterocycles. The molecule has 5 nitrogen and oxygen atoms in total. The van der Waals surface area contributed by atoms with E-state index >= 15 is 0 Å². The van der Waals surface area contributed by atoms with Gasteiger partial charge < -0.3 is 9.47 Å². The van der Waals surface area contributed by atoms with Crippen molar-refractivity contribution in [2.75, 3.05) is 40.0 Å². The van der Waals surface area contributed by atoms with E-state index in [1.54, 1.807) is 13.3 Å². The second kappa shape index (κ2) is 8.51. The SMILES string of the molecule is COc1ccc(CCCN2CCOCC2)cc1Cn1cc(Cl)cn1. The van der Waals surface area contributed by atoms with Crippen LogP contribution in [-0.4, -0.2) is 54.6 Å². The predicted octanol–water partition coefficient (Wildman–Crippen LogP) is 2.86. The van der Waals surface area contributed by atoms with Gasteiger partial charge in [0.25, 0.3) is 0 Å². The quantitative estimate of drug-likeness (QED) is 0.770. The molecule has 130 valence electrons. The number of hydrogen-bond acceptors (Lipinski definition) is 4. The van der Waals surface area contributed by atoms with Crippen LogP contribution >= 0.6 is 11.6 Å². The number of methoxy groups -OCH3 is 1. The number of ether oxygens (including phenoxy) is 2. The zero-order valence-corrected chi connectivity index (χ0v) is 14.8. The van der Waals surface area contributed by atoms with Crippen molar-refractivity contribution in [1.29, 1.82) is 0 Å². The molecule has 3 rings (SSSR count). The maximum Gasteiger partial charge on any atom is 0.123 e. The molecule has 1 saturated heterocycles. The molecule has 1 aliphatic heterocycles. The number of halogens is 1. The summed E-state index contributed by atoms with van der Waals surface area (Å²) in [7, 11) is 1.70. The number of aromatic nitrogens is 2. The Kier molecular flexibility index (Phi) is 6.12. The molecule has 0 amide bonds. The Bertz CT molecular complexity index is 653. The first kappa shape index (κ1) is 17.3. The Balaban J connectivity index is 1.60. The van der Waals surface area contributed by atoms with Crippen LogP contribution in [0.5, 0.6) is 5.75 Å². The molecule has 6 heteroatoms. The maximum atomic E-state index is 5.95. The summed E-state index contributed by atoms with van der Waals surface area (Å²) in [4.78, 5) is 2.47. The smallest absolute Gasteiger partial charge is 0.123 e. The van der Waals surface area contributed by atoms with E-state index < -0.39 is 0 Å². The van der Waals surface area contributed by atoms with Crippen LogP contribution < -0.4 is 4.74 Å². The van der Waals surface area contributed by atoms with Crippen molar-refractivity contribution < 1.29 is 9.47 Å². The minimum atomic E-state index is 0.649. The molecule has 0 aliphatic carbocycles. The summed E-state index contributed by atoms with van der Waals surface area (Å²) >= 11 is 5.95. The van der Waals surface area contributed by atoms with Crippen LogP contribution in [0.4, 0.5) is 0 Å². The third-order valence-corrected chi connectivity index (χ3v) is 4.52. The number of morpholine rings is 1. The average molecular weight is 350 g/mol. The van der Waals surface area contributed by atoms with E-state index in [1.807, 2.05) is 16.9 Å². The van der Waals surface area contributed by atoms with Gasteiger partial charge in [-0.25, -0.2) is 0 Å². The molecule has 1 aromatic heterocycles. The normalized spacial score (nSPS) is 15.6. The van der Waals surface area contributed by atoms with E-state index in [-0.39, 0.29) is 0 Å². The van der Waals surface area contributed by atoms with Crippen LogP contribution in [0.3, 0.4) is 0 Å². The van der Waals surface area contributed by atoms with Gasteiger partial charge in [0.15, 0.2) is 0 Å². The largest absolute Gasteiger partial charge is 0.496 e. The van der Waals surface area contributed by atoms with Gasteiger partial charge in [0.05, 0.1) is 38.1 Å². The highest BCUT2D eigenvalue weighted by Gasteiger charge is 2.10. The first-order chi connectivity index (χ1) is 11.7. The van der Waals surface area contributed by atoms with E-state index in [9.17, 15) is 0 Å². The lowest BCUT2D eigenvalue weighted by Crippen LogP contribution is -2.36. The summed E-state index contributed by atoms with van der Waals surface area (Å²) in [6.45, 7) is 5.60. The van der Waals surface area contributed by atoms with Crippen molar-refractivity contribution in [2.24, 2.45) is 0 Å². The Morgan fingerprint density at radius 2 is 2.12 bits per heavy atom. The Hall–Kier alpha value is -1.56. The first-order valence-corrected chi connectivity index (χ1v) is 8.76. The van der Waals surface area contributed by atoms with Gasteiger partial charge in [-0.05, 0) is 31.0 Å².